The van der Waals surface area contributed by atoms with E-state index in [0.717, 1.165) is 25.9 Å². The Hall–Kier alpha value is -2.55. The second kappa shape index (κ2) is 6.16. The summed E-state index contributed by atoms with van der Waals surface area (Å²) >= 11 is 0. The van der Waals surface area contributed by atoms with Gasteiger partial charge in [0.1, 0.15) is 0 Å². The minimum Gasteiger partial charge on any atom is -0.450 e. The fourth-order valence-electron chi connectivity index (χ4n) is 3.82. The van der Waals surface area contributed by atoms with E-state index in [1.54, 1.807) is 0 Å². The Kier molecular flexibility index (Phi) is 3.85. The highest BCUT2D eigenvalue weighted by Gasteiger charge is 2.28. The van der Waals surface area contributed by atoms with E-state index in [0.29, 0.717) is 6.61 Å². The van der Waals surface area contributed by atoms with E-state index < -0.39 is 0 Å². The number of rotatable bonds is 1. The van der Waals surface area contributed by atoms with Gasteiger partial charge in [0.25, 0.3) is 0 Å². The molecule has 122 valence electrons. The van der Waals surface area contributed by atoms with E-state index in [-0.39, 0.29) is 6.09 Å². The summed E-state index contributed by atoms with van der Waals surface area (Å²) in [4.78, 5) is 13.7. The molecule has 0 N–H and O–H groups in total. The van der Waals surface area contributed by atoms with Gasteiger partial charge in [0.2, 0.25) is 0 Å². The highest BCUT2D eigenvalue weighted by Crippen LogP contribution is 2.46. The first-order valence-electron chi connectivity index (χ1n) is 8.62. The second-order valence-corrected chi connectivity index (χ2v) is 6.26. The molecule has 2 aromatic rings. The summed E-state index contributed by atoms with van der Waals surface area (Å²) in [6, 6.07) is 17.3. The van der Waals surface area contributed by atoms with Crippen molar-refractivity contribution >= 4 is 11.7 Å². The molecule has 0 aromatic heterocycles. The monoisotopic (exact) mass is 319 g/mol. The lowest BCUT2D eigenvalue weighted by Gasteiger charge is -2.29. The van der Waals surface area contributed by atoms with Crippen molar-refractivity contribution in [3.63, 3.8) is 0 Å². The topological polar surface area (TPSA) is 29.5 Å². The first-order valence-corrected chi connectivity index (χ1v) is 8.62. The molecule has 0 radical (unpaired) electrons. The van der Waals surface area contributed by atoms with Crippen LogP contribution in [0.4, 0.5) is 4.79 Å². The fourth-order valence-corrected chi connectivity index (χ4v) is 3.82. The number of piperidine rings is 1. The van der Waals surface area contributed by atoms with Crippen molar-refractivity contribution in [2.45, 2.75) is 19.8 Å². The molecule has 4 rings (SSSR count). The van der Waals surface area contributed by atoms with Gasteiger partial charge in [-0.25, -0.2) is 4.79 Å². The Balaban J connectivity index is 1.70. The minimum absolute atomic E-state index is 0.186. The third kappa shape index (κ3) is 2.41. The van der Waals surface area contributed by atoms with Gasteiger partial charge in [0, 0.05) is 13.1 Å². The summed E-state index contributed by atoms with van der Waals surface area (Å²) in [7, 11) is 0. The van der Waals surface area contributed by atoms with Crippen LogP contribution in [-0.2, 0) is 4.74 Å². The van der Waals surface area contributed by atoms with Gasteiger partial charge >= 0.3 is 6.09 Å². The molecule has 0 bridgehead atoms. The lowest BCUT2D eigenvalue weighted by molar-refractivity contribution is 0.104. The number of likely N-dealkylation sites (tertiary alicyclic amines) is 1. The van der Waals surface area contributed by atoms with Crippen LogP contribution >= 0.6 is 0 Å². The third-order valence-corrected chi connectivity index (χ3v) is 4.93. The molecule has 2 aliphatic rings. The molecule has 24 heavy (non-hydrogen) atoms. The standard InChI is InChI=1S/C21H21NO2/c1-2-24-21(23)22-13-11-15(12-14-22)20-18-9-5-3-7-16(18)17-8-4-6-10-19(17)20/h3-10H,2,11-14H2,1H3. The highest BCUT2D eigenvalue weighted by molar-refractivity contribution is 6.02. The van der Waals surface area contributed by atoms with Crippen molar-refractivity contribution < 1.29 is 9.53 Å². The number of hydrogen-bond donors (Lipinski definition) is 0. The van der Waals surface area contributed by atoms with Crippen LogP contribution in [0.5, 0.6) is 0 Å². The van der Waals surface area contributed by atoms with Gasteiger partial charge < -0.3 is 9.64 Å². The Morgan fingerprint density at radius 1 is 0.917 bits per heavy atom. The average molecular weight is 319 g/mol. The molecule has 3 heteroatoms. The van der Waals surface area contributed by atoms with Crippen LogP contribution in [0.15, 0.2) is 54.1 Å². The molecule has 0 atom stereocenters. The van der Waals surface area contributed by atoms with Crippen LogP contribution in [0.3, 0.4) is 0 Å². The number of fused-ring (bicyclic) bond motifs is 3. The van der Waals surface area contributed by atoms with Crippen LogP contribution in [0.2, 0.25) is 0 Å². The lowest BCUT2D eigenvalue weighted by atomic mass is 9.92. The van der Waals surface area contributed by atoms with Crippen LogP contribution in [0.25, 0.3) is 16.7 Å². The predicted octanol–water partition coefficient (Wildman–Crippen LogP) is 4.72. The van der Waals surface area contributed by atoms with E-state index in [1.165, 1.54) is 33.4 Å². The smallest absolute Gasteiger partial charge is 0.409 e. The number of nitrogens with zero attached hydrogens (tertiary/aromatic N) is 1. The number of amides is 1. The Morgan fingerprint density at radius 2 is 1.42 bits per heavy atom. The molecule has 0 spiro atoms. The van der Waals surface area contributed by atoms with Crippen molar-refractivity contribution in [3.05, 3.63) is 65.2 Å². The van der Waals surface area contributed by atoms with E-state index in [4.69, 9.17) is 4.74 Å². The average Bonchev–Trinajstić information content (AvgIpc) is 2.97. The largest absolute Gasteiger partial charge is 0.450 e. The molecule has 1 heterocycles. The SMILES string of the molecule is CCOC(=O)N1CCC(=C2c3ccccc3-c3ccccc32)CC1. The third-order valence-electron chi connectivity index (χ3n) is 4.93. The molecule has 1 aliphatic carbocycles. The fraction of sp³-hybridized carbons (Fsp3) is 0.286. The normalized spacial score (nSPS) is 16.0. The summed E-state index contributed by atoms with van der Waals surface area (Å²) in [6.07, 6.45) is 1.64. The van der Waals surface area contributed by atoms with Gasteiger partial charge in [-0.05, 0) is 47.6 Å². The molecule has 1 fully saturated rings. The first-order chi connectivity index (χ1) is 11.8. The van der Waals surface area contributed by atoms with Gasteiger partial charge in [-0.1, -0.05) is 54.1 Å². The van der Waals surface area contributed by atoms with Gasteiger partial charge in [0.15, 0.2) is 0 Å². The number of ether oxygens (including phenoxy) is 1. The van der Waals surface area contributed by atoms with E-state index in [2.05, 4.69) is 48.5 Å². The Morgan fingerprint density at radius 3 is 1.92 bits per heavy atom. The van der Waals surface area contributed by atoms with Gasteiger partial charge in [-0.15, -0.1) is 0 Å². The Labute approximate surface area is 142 Å². The minimum atomic E-state index is -0.186. The maximum atomic E-state index is 11.9. The van der Waals surface area contributed by atoms with E-state index in [9.17, 15) is 4.79 Å². The highest BCUT2D eigenvalue weighted by atomic mass is 16.6. The molecule has 3 nitrogen and oxygen atoms in total. The number of carbonyl (C=O) groups excluding carboxylic acids is 1. The van der Waals surface area contributed by atoms with Crippen molar-refractivity contribution in [1.82, 2.24) is 4.90 Å². The zero-order valence-corrected chi connectivity index (χ0v) is 13.9. The molecule has 1 aliphatic heterocycles. The number of carbonyl (C=O) groups is 1. The second-order valence-electron chi connectivity index (χ2n) is 6.26. The molecular weight excluding hydrogens is 298 g/mol. The predicted molar refractivity (Wildman–Crippen MR) is 95.7 cm³/mol. The molecule has 0 unspecified atom stereocenters. The van der Waals surface area contributed by atoms with Crippen LogP contribution in [-0.4, -0.2) is 30.7 Å². The van der Waals surface area contributed by atoms with Crippen molar-refractivity contribution in [2.24, 2.45) is 0 Å². The maximum Gasteiger partial charge on any atom is 0.409 e. The van der Waals surface area contributed by atoms with E-state index in [1.807, 2.05) is 11.8 Å². The number of benzene rings is 2. The number of hydrogen-bond acceptors (Lipinski definition) is 2. The van der Waals surface area contributed by atoms with Gasteiger partial charge in [-0.2, -0.15) is 0 Å². The molecule has 1 amide bonds. The van der Waals surface area contributed by atoms with Crippen LogP contribution in [0, 0.1) is 0 Å². The lowest BCUT2D eigenvalue weighted by Crippen LogP contribution is -2.36. The van der Waals surface area contributed by atoms with Crippen LogP contribution < -0.4 is 0 Å². The molecule has 0 saturated carbocycles. The van der Waals surface area contributed by atoms with Crippen molar-refractivity contribution in [3.8, 4) is 11.1 Å². The first kappa shape index (κ1) is 15.0. The summed E-state index contributed by atoms with van der Waals surface area (Å²) in [5, 5.41) is 0. The summed E-state index contributed by atoms with van der Waals surface area (Å²) in [5.74, 6) is 0. The quantitative estimate of drug-likeness (QED) is 0.649. The van der Waals surface area contributed by atoms with Gasteiger partial charge in [0.05, 0.1) is 6.61 Å². The van der Waals surface area contributed by atoms with Gasteiger partial charge in [-0.3, -0.25) is 0 Å². The Bertz CT molecular complexity index is 765. The maximum absolute atomic E-state index is 11.9. The van der Waals surface area contributed by atoms with Crippen molar-refractivity contribution in [2.75, 3.05) is 19.7 Å². The molecule has 1 saturated heterocycles. The van der Waals surface area contributed by atoms with Crippen molar-refractivity contribution in [1.29, 1.82) is 0 Å². The van der Waals surface area contributed by atoms with Crippen LogP contribution in [0.1, 0.15) is 30.9 Å². The molecule has 2 aromatic carbocycles. The molecular formula is C21H21NO2. The summed E-state index contributed by atoms with van der Waals surface area (Å²) in [6.45, 7) is 3.76. The summed E-state index contributed by atoms with van der Waals surface area (Å²) < 4.78 is 5.13. The zero-order chi connectivity index (χ0) is 16.5. The zero-order valence-electron chi connectivity index (χ0n) is 13.9. The van der Waals surface area contributed by atoms with E-state index >= 15 is 0 Å². The summed E-state index contributed by atoms with van der Waals surface area (Å²) in [5.41, 5.74) is 8.14.